The summed E-state index contributed by atoms with van der Waals surface area (Å²) < 4.78 is 13.8. The molecule has 0 spiro atoms. The quantitative estimate of drug-likeness (QED) is 0.173. The number of aryl methyl sites for hydroxylation is 2. The topological polar surface area (TPSA) is 53.4 Å². The zero-order valence-corrected chi connectivity index (χ0v) is 23.4. The first-order chi connectivity index (χ1) is 17.7. The number of fused-ring (bicyclic) bond motifs is 1. The monoisotopic (exact) mass is 516 g/mol. The van der Waals surface area contributed by atoms with Gasteiger partial charge in [0, 0.05) is 39.5 Å². The molecule has 0 aliphatic rings. The Balaban J connectivity index is 1.79. The summed E-state index contributed by atoms with van der Waals surface area (Å²) in [6, 6.07) is 20.3. The summed E-state index contributed by atoms with van der Waals surface area (Å²) in [6.07, 6.45) is 2.43. The second-order valence-electron chi connectivity index (χ2n) is 10.3. The molecule has 194 valence electrons. The number of hydrogen-bond donors (Lipinski definition) is 0. The van der Waals surface area contributed by atoms with E-state index in [1.807, 2.05) is 63.5 Å². The minimum Gasteiger partial charge on any atom is -0.487 e. The Kier molecular flexibility index (Phi) is 8.28. The van der Waals surface area contributed by atoms with Gasteiger partial charge >= 0.3 is 5.97 Å². The zero-order valence-electron chi connectivity index (χ0n) is 22.6. The number of hydrogen-bond acceptors (Lipinski definition) is 5. The number of ether oxygens (including phenoxy) is 2. The van der Waals surface area contributed by atoms with Crippen molar-refractivity contribution in [2.75, 3.05) is 6.61 Å². The molecule has 2 aromatic carbocycles. The maximum Gasteiger partial charge on any atom is 0.315 e. The van der Waals surface area contributed by atoms with Gasteiger partial charge in [-0.3, -0.25) is 9.78 Å². The predicted molar refractivity (Wildman–Crippen MR) is 151 cm³/mol. The van der Waals surface area contributed by atoms with Crippen LogP contribution in [0.3, 0.4) is 0 Å². The highest BCUT2D eigenvalue weighted by molar-refractivity contribution is 8.00. The van der Waals surface area contributed by atoms with E-state index >= 15 is 0 Å². The second-order valence-corrected chi connectivity index (χ2v) is 12.1. The van der Waals surface area contributed by atoms with E-state index in [1.54, 1.807) is 11.8 Å². The van der Waals surface area contributed by atoms with Crippen molar-refractivity contribution in [2.24, 2.45) is 7.05 Å². The van der Waals surface area contributed by atoms with Crippen LogP contribution in [0.15, 0.2) is 71.8 Å². The third-order valence-corrected chi connectivity index (χ3v) is 7.36. The van der Waals surface area contributed by atoms with Gasteiger partial charge in [0.05, 0.1) is 12.3 Å². The lowest BCUT2D eigenvalue weighted by Crippen LogP contribution is -2.22. The first kappa shape index (κ1) is 26.8. The van der Waals surface area contributed by atoms with E-state index in [0.29, 0.717) is 19.6 Å². The third-order valence-electron chi connectivity index (χ3n) is 6.12. The van der Waals surface area contributed by atoms with Gasteiger partial charge in [-0.15, -0.1) is 11.8 Å². The molecule has 0 amide bonds. The van der Waals surface area contributed by atoms with Gasteiger partial charge in [-0.05, 0) is 55.7 Å². The Bertz CT molecular complexity index is 1360. The molecule has 4 aromatic rings. The molecule has 4 rings (SSSR count). The van der Waals surface area contributed by atoms with Crippen LogP contribution < -0.4 is 4.74 Å². The van der Waals surface area contributed by atoms with Crippen LogP contribution in [0.5, 0.6) is 5.75 Å². The zero-order chi connectivity index (χ0) is 26.6. The fraction of sp³-hybridized carbons (Fsp3) is 0.355. The molecule has 2 aromatic heterocycles. The Morgan fingerprint density at radius 2 is 1.84 bits per heavy atom. The number of esters is 1. The Hall–Kier alpha value is -3.25. The number of carbonyl (C=O) groups excluding carboxylic acids is 1. The summed E-state index contributed by atoms with van der Waals surface area (Å²) in [5, 5.41) is 1.08. The molecule has 0 fully saturated rings. The molecule has 6 heteroatoms. The van der Waals surface area contributed by atoms with Crippen molar-refractivity contribution in [1.29, 1.82) is 0 Å². The van der Waals surface area contributed by atoms with Gasteiger partial charge in [0.25, 0.3) is 0 Å². The lowest BCUT2D eigenvalue weighted by Gasteiger charge is -2.23. The number of carbonyl (C=O) groups is 1. The van der Waals surface area contributed by atoms with Crippen molar-refractivity contribution in [3.63, 3.8) is 0 Å². The Labute approximate surface area is 224 Å². The lowest BCUT2D eigenvalue weighted by molar-refractivity contribution is -0.145. The van der Waals surface area contributed by atoms with Gasteiger partial charge in [0.15, 0.2) is 0 Å². The smallest absolute Gasteiger partial charge is 0.315 e. The van der Waals surface area contributed by atoms with Gasteiger partial charge in [-0.25, -0.2) is 0 Å². The van der Waals surface area contributed by atoms with Gasteiger partial charge in [0.2, 0.25) is 0 Å². The maximum atomic E-state index is 13.4. The molecule has 37 heavy (non-hydrogen) atoms. The first-order valence-corrected chi connectivity index (χ1v) is 13.5. The van der Waals surface area contributed by atoms with E-state index in [2.05, 4.69) is 54.6 Å². The van der Waals surface area contributed by atoms with E-state index in [4.69, 9.17) is 9.47 Å². The highest BCUT2D eigenvalue weighted by Crippen LogP contribution is 2.45. The normalized spacial score (nSPS) is 12.5. The molecule has 0 saturated heterocycles. The molecule has 0 aliphatic heterocycles. The highest BCUT2D eigenvalue weighted by atomic mass is 32.2. The summed E-state index contributed by atoms with van der Waals surface area (Å²) in [5.74, 6) is 0.152. The highest BCUT2D eigenvalue weighted by Gasteiger charge is 2.32. The SMILES string of the molecule is CCOC(=O)C(Cc1ccccc1)c1c(SC(C)(C)C)c2cc(OCc3ccc(C)cn3)ccc2n1C. The summed E-state index contributed by atoms with van der Waals surface area (Å²) >= 11 is 1.78. The second kappa shape index (κ2) is 11.4. The average Bonchev–Trinajstić information content (AvgIpc) is 3.12. The van der Waals surface area contributed by atoms with Crippen LogP contribution in [0.4, 0.5) is 0 Å². The number of nitrogens with zero attached hydrogens (tertiary/aromatic N) is 2. The largest absolute Gasteiger partial charge is 0.487 e. The summed E-state index contributed by atoms with van der Waals surface area (Å²) in [5.41, 5.74) is 5.15. The van der Waals surface area contributed by atoms with Crippen molar-refractivity contribution in [3.8, 4) is 5.75 Å². The molecule has 1 unspecified atom stereocenters. The van der Waals surface area contributed by atoms with Crippen LogP contribution in [0.25, 0.3) is 10.9 Å². The summed E-state index contributed by atoms with van der Waals surface area (Å²) in [7, 11) is 2.04. The van der Waals surface area contributed by atoms with E-state index in [-0.39, 0.29) is 10.7 Å². The molecule has 0 N–H and O–H groups in total. The Morgan fingerprint density at radius 1 is 1.08 bits per heavy atom. The third kappa shape index (κ3) is 6.55. The molecule has 2 heterocycles. The van der Waals surface area contributed by atoms with Crippen molar-refractivity contribution in [2.45, 2.75) is 63.2 Å². The first-order valence-electron chi connectivity index (χ1n) is 12.7. The van der Waals surface area contributed by atoms with Gasteiger partial charge in [-0.2, -0.15) is 0 Å². The molecule has 0 bridgehead atoms. The minimum atomic E-state index is -0.425. The standard InChI is InChI=1S/C31H36N2O3S/c1-7-35-30(34)26(17-22-11-9-8-10-12-22)28-29(37-31(3,4)5)25-18-24(15-16-27(25)33(28)6)36-20-23-14-13-21(2)19-32-23/h8-16,18-19,26H,7,17,20H2,1-6H3. The minimum absolute atomic E-state index is 0.0579. The van der Waals surface area contributed by atoms with Gasteiger partial charge < -0.3 is 14.0 Å². The molecule has 5 nitrogen and oxygen atoms in total. The molecule has 0 aliphatic carbocycles. The molecule has 1 atom stereocenters. The molecule has 0 radical (unpaired) electrons. The van der Waals surface area contributed by atoms with Crippen LogP contribution >= 0.6 is 11.8 Å². The van der Waals surface area contributed by atoms with E-state index < -0.39 is 5.92 Å². The fourth-order valence-electron chi connectivity index (χ4n) is 4.43. The van der Waals surface area contributed by atoms with Crippen molar-refractivity contribution in [1.82, 2.24) is 9.55 Å². The number of aromatic nitrogens is 2. The number of thioether (sulfide) groups is 1. The van der Waals surface area contributed by atoms with Crippen molar-refractivity contribution in [3.05, 3.63) is 89.4 Å². The van der Waals surface area contributed by atoms with Gasteiger partial charge in [0.1, 0.15) is 18.3 Å². The van der Waals surface area contributed by atoms with E-state index in [1.165, 1.54) is 0 Å². The summed E-state index contributed by atoms with van der Waals surface area (Å²) in [4.78, 5) is 18.9. The number of benzene rings is 2. The van der Waals surface area contributed by atoms with Gasteiger partial charge in [-0.1, -0.05) is 57.2 Å². The molecule has 0 saturated carbocycles. The lowest BCUT2D eigenvalue weighted by atomic mass is 9.96. The predicted octanol–water partition coefficient (Wildman–Crippen LogP) is 7.24. The fourth-order valence-corrected chi connectivity index (χ4v) is 5.70. The van der Waals surface area contributed by atoms with E-state index in [0.717, 1.165) is 44.1 Å². The van der Waals surface area contributed by atoms with Crippen LogP contribution in [0.2, 0.25) is 0 Å². The Morgan fingerprint density at radius 3 is 2.49 bits per heavy atom. The van der Waals surface area contributed by atoms with Crippen molar-refractivity contribution < 1.29 is 14.3 Å². The molecular weight excluding hydrogens is 480 g/mol. The van der Waals surface area contributed by atoms with Crippen LogP contribution in [-0.2, 0) is 29.6 Å². The van der Waals surface area contributed by atoms with Crippen molar-refractivity contribution >= 4 is 28.6 Å². The maximum absolute atomic E-state index is 13.4. The molecular formula is C31H36N2O3S. The number of rotatable bonds is 9. The van der Waals surface area contributed by atoms with Crippen LogP contribution in [0.1, 0.15) is 56.1 Å². The number of pyridine rings is 1. The van der Waals surface area contributed by atoms with E-state index in [9.17, 15) is 4.79 Å². The average molecular weight is 517 g/mol. The van der Waals surface area contributed by atoms with Crippen LogP contribution in [-0.4, -0.2) is 26.9 Å². The summed E-state index contributed by atoms with van der Waals surface area (Å²) in [6.45, 7) is 11.2. The van der Waals surface area contributed by atoms with Crippen LogP contribution in [0, 0.1) is 6.92 Å².